The summed E-state index contributed by atoms with van der Waals surface area (Å²) >= 11 is 0. The van der Waals surface area contributed by atoms with Gasteiger partial charge in [-0.2, -0.15) is 0 Å². The zero-order valence-corrected chi connectivity index (χ0v) is 19.9. The number of aromatic nitrogens is 3. The first-order valence-electron chi connectivity index (χ1n) is 11.5. The van der Waals surface area contributed by atoms with E-state index in [1.165, 1.54) is 25.9 Å². The van der Waals surface area contributed by atoms with Crippen molar-refractivity contribution in [1.29, 1.82) is 5.41 Å². The molecule has 33 heavy (non-hydrogen) atoms. The Kier molecular flexibility index (Phi) is 6.99. The summed E-state index contributed by atoms with van der Waals surface area (Å²) in [5.74, 6) is 1.31. The maximum Gasteiger partial charge on any atom is 0.247 e. The van der Waals surface area contributed by atoms with Crippen LogP contribution >= 0.6 is 0 Å². The van der Waals surface area contributed by atoms with E-state index in [4.69, 9.17) is 10.1 Å². The van der Waals surface area contributed by atoms with Crippen LogP contribution < -0.4 is 10.1 Å². The molecule has 0 amide bonds. The van der Waals surface area contributed by atoms with Crippen molar-refractivity contribution in [2.75, 3.05) is 31.6 Å². The molecule has 0 unspecified atom stereocenters. The predicted octanol–water partition coefficient (Wildman–Crippen LogP) is 5.38. The number of anilines is 2. The molecular formula is C26H32N6O. The molecule has 2 heterocycles. The molecule has 1 saturated heterocycles. The SMILES string of the molecule is CC(=N)C(=C(C)C)c1cc(C)c2nc(Nc3ccc(OCCN4CCCC4)cc3)nnc2c1. The van der Waals surface area contributed by atoms with Gasteiger partial charge in [0.2, 0.25) is 5.95 Å². The smallest absolute Gasteiger partial charge is 0.247 e. The summed E-state index contributed by atoms with van der Waals surface area (Å²) in [6.07, 6.45) is 2.60. The van der Waals surface area contributed by atoms with Gasteiger partial charge in [0.15, 0.2) is 0 Å². The number of benzene rings is 2. The summed E-state index contributed by atoms with van der Waals surface area (Å²) in [5.41, 5.74) is 6.95. The molecule has 0 aliphatic carbocycles. The third-order valence-electron chi connectivity index (χ3n) is 5.90. The molecule has 2 N–H and O–H groups in total. The fourth-order valence-electron chi connectivity index (χ4n) is 4.35. The second-order valence-corrected chi connectivity index (χ2v) is 8.84. The summed E-state index contributed by atoms with van der Waals surface area (Å²) in [4.78, 5) is 7.13. The monoisotopic (exact) mass is 444 g/mol. The number of likely N-dealkylation sites (tertiary alicyclic amines) is 1. The second kappa shape index (κ2) is 10.1. The molecule has 1 aliphatic heterocycles. The van der Waals surface area contributed by atoms with Gasteiger partial charge in [0, 0.05) is 23.5 Å². The Bertz CT molecular complexity index is 1180. The van der Waals surface area contributed by atoms with E-state index in [2.05, 4.69) is 31.5 Å². The standard InChI is InChI=1S/C26H32N6O/c1-17(2)24(19(4)27)20-15-18(3)25-23(16-20)30-31-26(29-25)28-21-7-9-22(10-8-21)33-14-13-32-11-5-6-12-32/h7-10,15-16,27H,5-6,11-14H2,1-4H3,(H,28,29,31). The number of hydrogen-bond donors (Lipinski definition) is 2. The highest BCUT2D eigenvalue weighted by molar-refractivity contribution is 6.22. The quantitative estimate of drug-likeness (QED) is 0.453. The fourth-order valence-corrected chi connectivity index (χ4v) is 4.35. The highest BCUT2D eigenvalue weighted by atomic mass is 16.5. The number of rotatable bonds is 8. The zero-order valence-electron chi connectivity index (χ0n) is 19.9. The summed E-state index contributed by atoms with van der Waals surface area (Å²) in [5, 5.41) is 20.0. The minimum absolute atomic E-state index is 0.451. The van der Waals surface area contributed by atoms with Crippen LogP contribution in [0.15, 0.2) is 42.0 Å². The van der Waals surface area contributed by atoms with Crippen molar-refractivity contribution in [2.45, 2.75) is 40.5 Å². The van der Waals surface area contributed by atoms with Gasteiger partial charge < -0.3 is 15.5 Å². The molecule has 7 nitrogen and oxygen atoms in total. The lowest BCUT2D eigenvalue weighted by Crippen LogP contribution is -2.25. The second-order valence-electron chi connectivity index (χ2n) is 8.84. The van der Waals surface area contributed by atoms with E-state index in [9.17, 15) is 0 Å². The van der Waals surface area contributed by atoms with Crippen molar-refractivity contribution in [3.05, 3.63) is 53.1 Å². The van der Waals surface area contributed by atoms with Crippen LogP contribution in [-0.2, 0) is 0 Å². The van der Waals surface area contributed by atoms with Crippen LogP contribution in [0, 0.1) is 12.3 Å². The van der Waals surface area contributed by atoms with Crippen molar-refractivity contribution >= 4 is 34.0 Å². The maximum absolute atomic E-state index is 8.12. The number of hydrogen-bond acceptors (Lipinski definition) is 7. The Morgan fingerprint density at radius 2 is 1.79 bits per heavy atom. The molecule has 1 fully saturated rings. The molecule has 0 atom stereocenters. The topological polar surface area (TPSA) is 87.0 Å². The van der Waals surface area contributed by atoms with E-state index in [1.807, 2.05) is 58.0 Å². The largest absolute Gasteiger partial charge is 0.492 e. The molecular weight excluding hydrogens is 412 g/mol. The van der Waals surface area contributed by atoms with E-state index in [0.717, 1.165) is 51.3 Å². The third-order valence-corrected chi connectivity index (χ3v) is 5.90. The van der Waals surface area contributed by atoms with Gasteiger partial charge in [0.25, 0.3) is 0 Å². The van der Waals surface area contributed by atoms with Crippen LogP contribution in [0.1, 0.15) is 44.7 Å². The summed E-state index contributed by atoms with van der Waals surface area (Å²) in [7, 11) is 0. The zero-order chi connectivity index (χ0) is 23.4. The molecule has 1 aliphatic rings. The van der Waals surface area contributed by atoms with Crippen molar-refractivity contribution in [1.82, 2.24) is 20.1 Å². The molecule has 2 aromatic carbocycles. The first-order chi connectivity index (χ1) is 15.9. The van der Waals surface area contributed by atoms with Crippen LogP contribution in [0.3, 0.4) is 0 Å². The van der Waals surface area contributed by atoms with Gasteiger partial charge in [-0.05, 0) is 101 Å². The molecule has 0 saturated carbocycles. The summed E-state index contributed by atoms with van der Waals surface area (Å²) in [6.45, 7) is 11.9. The van der Waals surface area contributed by atoms with E-state index >= 15 is 0 Å². The van der Waals surface area contributed by atoms with Gasteiger partial charge in [-0.1, -0.05) is 5.57 Å². The van der Waals surface area contributed by atoms with Crippen molar-refractivity contribution in [3.63, 3.8) is 0 Å². The third kappa shape index (κ3) is 5.54. The van der Waals surface area contributed by atoms with Gasteiger partial charge in [0.1, 0.15) is 17.9 Å². The predicted molar refractivity (Wildman–Crippen MR) is 135 cm³/mol. The number of nitrogens with zero attached hydrogens (tertiary/aromatic N) is 4. The Morgan fingerprint density at radius 3 is 2.45 bits per heavy atom. The average Bonchev–Trinajstić information content (AvgIpc) is 3.28. The van der Waals surface area contributed by atoms with Crippen LogP contribution in [0.25, 0.3) is 16.6 Å². The number of ether oxygens (including phenoxy) is 1. The van der Waals surface area contributed by atoms with Gasteiger partial charge >= 0.3 is 0 Å². The first kappa shape index (κ1) is 22.9. The molecule has 3 aromatic rings. The van der Waals surface area contributed by atoms with Crippen LogP contribution in [0.4, 0.5) is 11.6 Å². The molecule has 172 valence electrons. The molecule has 0 spiro atoms. The normalized spacial score (nSPS) is 13.8. The number of nitrogens with one attached hydrogen (secondary N) is 2. The van der Waals surface area contributed by atoms with E-state index in [1.54, 1.807) is 0 Å². The number of allylic oxidation sites excluding steroid dienone is 2. The Balaban J connectivity index is 1.45. The van der Waals surface area contributed by atoms with Crippen LogP contribution in [0.5, 0.6) is 5.75 Å². The molecule has 4 rings (SSSR count). The highest BCUT2D eigenvalue weighted by Crippen LogP contribution is 2.26. The van der Waals surface area contributed by atoms with Crippen molar-refractivity contribution < 1.29 is 4.74 Å². The molecule has 0 radical (unpaired) electrons. The van der Waals surface area contributed by atoms with E-state index < -0.39 is 0 Å². The van der Waals surface area contributed by atoms with Gasteiger partial charge in [-0.25, -0.2) is 4.98 Å². The Hall–Kier alpha value is -3.32. The van der Waals surface area contributed by atoms with Crippen molar-refractivity contribution in [3.8, 4) is 5.75 Å². The summed E-state index contributed by atoms with van der Waals surface area (Å²) < 4.78 is 5.88. The summed E-state index contributed by atoms with van der Waals surface area (Å²) in [6, 6.07) is 11.9. The van der Waals surface area contributed by atoms with Crippen LogP contribution in [0.2, 0.25) is 0 Å². The maximum atomic E-state index is 8.12. The van der Waals surface area contributed by atoms with Crippen LogP contribution in [-0.4, -0.2) is 52.0 Å². The minimum atomic E-state index is 0.451. The van der Waals surface area contributed by atoms with E-state index in [0.29, 0.717) is 18.3 Å². The fraction of sp³-hybridized carbons (Fsp3) is 0.385. The first-order valence-corrected chi connectivity index (χ1v) is 11.5. The average molecular weight is 445 g/mol. The number of fused-ring (bicyclic) bond motifs is 1. The Labute approximate surface area is 195 Å². The lowest BCUT2D eigenvalue weighted by molar-refractivity contribution is 0.238. The highest BCUT2D eigenvalue weighted by Gasteiger charge is 2.13. The van der Waals surface area contributed by atoms with Gasteiger partial charge in [-0.15, -0.1) is 10.2 Å². The lowest BCUT2D eigenvalue weighted by atomic mass is 9.95. The van der Waals surface area contributed by atoms with Crippen molar-refractivity contribution in [2.24, 2.45) is 0 Å². The van der Waals surface area contributed by atoms with Gasteiger partial charge in [0.05, 0.1) is 5.52 Å². The molecule has 7 heteroatoms. The number of aryl methyl sites for hydroxylation is 1. The van der Waals surface area contributed by atoms with E-state index in [-0.39, 0.29) is 0 Å². The minimum Gasteiger partial charge on any atom is -0.492 e. The Morgan fingerprint density at radius 1 is 1.06 bits per heavy atom. The lowest BCUT2D eigenvalue weighted by Gasteiger charge is -2.15. The van der Waals surface area contributed by atoms with Gasteiger partial charge in [-0.3, -0.25) is 4.90 Å². The molecule has 0 bridgehead atoms. The molecule has 1 aromatic heterocycles.